The first-order valence-corrected chi connectivity index (χ1v) is 8.72. The van der Waals surface area contributed by atoms with Crippen molar-refractivity contribution in [1.82, 2.24) is 10.6 Å². The van der Waals surface area contributed by atoms with Crippen LogP contribution in [0, 0.1) is 29.6 Å². The molecule has 0 aromatic heterocycles. The maximum Gasteiger partial charge on any atom is 0.223 e. The van der Waals surface area contributed by atoms with E-state index in [9.17, 15) is 4.79 Å². The molecule has 4 bridgehead atoms. The highest BCUT2D eigenvalue weighted by Gasteiger charge is 2.50. The number of hydrogen-bond donors (Lipinski definition) is 2. The van der Waals surface area contributed by atoms with Crippen molar-refractivity contribution in [3.63, 3.8) is 0 Å². The predicted molar refractivity (Wildman–Crippen MR) is 79.2 cm³/mol. The van der Waals surface area contributed by atoms with E-state index in [2.05, 4.69) is 17.6 Å². The van der Waals surface area contributed by atoms with Gasteiger partial charge in [-0.1, -0.05) is 0 Å². The van der Waals surface area contributed by atoms with Crippen LogP contribution in [0.5, 0.6) is 0 Å². The zero-order valence-electron chi connectivity index (χ0n) is 12.6. The van der Waals surface area contributed by atoms with E-state index in [1.54, 1.807) is 0 Å². The van der Waals surface area contributed by atoms with Crippen molar-refractivity contribution in [3.8, 4) is 0 Å². The third-order valence-electron chi connectivity index (χ3n) is 6.54. The summed E-state index contributed by atoms with van der Waals surface area (Å²) in [4.78, 5) is 12.7. The Morgan fingerprint density at radius 2 is 1.65 bits per heavy atom. The van der Waals surface area contributed by atoms with Crippen LogP contribution in [0.1, 0.15) is 51.9 Å². The molecule has 2 N–H and O–H groups in total. The smallest absolute Gasteiger partial charge is 0.223 e. The van der Waals surface area contributed by atoms with Gasteiger partial charge in [0, 0.05) is 24.5 Å². The number of rotatable bonds is 2. The number of hydrogen-bond acceptors (Lipinski definition) is 2. The third-order valence-corrected chi connectivity index (χ3v) is 6.54. The lowest BCUT2D eigenvalue weighted by Gasteiger charge is -2.53. The van der Waals surface area contributed by atoms with Crippen molar-refractivity contribution < 1.29 is 4.79 Å². The van der Waals surface area contributed by atoms with Gasteiger partial charge in [0.15, 0.2) is 0 Å². The molecule has 1 aliphatic heterocycles. The van der Waals surface area contributed by atoms with E-state index in [1.165, 1.54) is 38.5 Å². The van der Waals surface area contributed by atoms with Crippen molar-refractivity contribution in [1.29, 1.82) is 0 Å². The van der Waals surface area contributed by atoms with Crippen molar-refractivity contribution >= 4 is 5.91 Å². The van der Waals surface area contributed by atoms with E-state index in [1.807, 2.05) is 0 Å². The van der Waals surface area contributed by atoms with E-state index >= 15 is 0 Å². The zero-order valence-corrected chi connectivity index (χ0v) is 12.6. The van der Waals surface area contributed by atoms with E-state index in [0.29, 0.717) is 35.7 Å². The first-order valence-electron chi connectivity index (χ1n) is 8.72. The Kier molecular flexibility index (Phi) is 3.29. The summed E-state index contributed by atoms with van der Waals surface area (Å²) in [6.45, 7) is 3.19. The van der Waals surface area contributed by atoms with E-state index < -0.39 is 0 Å². The van der Waals surface area contributed by atoms with Gasteiger partial charge in [-0.05, 0) is 75.5 Å². The van der Waals surface area contributed by atoms with Gasteiger partial charge in [0.1, 0.15) is 0 Å². The molecular formula is C17H28N2O. The van der Waals surface area contributed by atoms with Crippen LogP contribution < -0.4 is 10.6 Å². The summed E-state index contributed by atoms with van der Waals surface area (Å²) in [6, 6.07) is 0.986. The molecule has 1 amide bonds. The molecule has 0 aromatic rings. The molecule has 1 saturated heterocycles. The SMILES string of the molecule is CC1CCC(NC(=O)C2C3CC4CC(C3)CC2C4)CN1. The monoisotopic (exact) mass is 276 g/mol. The molecule has 4 saturated carbocycles. The largest absolute Gasteiger partial charge is 0.352 e. The van der Waals surface area contributed by atoms with E-state index in [4.69, 9.17) is 0 Å². The van der Waals surface area contributed by atoms with Gasteiger partial charge in [0.05, 0.1) is 0 Å². The number of carbonyl (C=O) groups is 1. The number of nitrogens with one attached hydrogen (secondary N) is 2. The fourth-order valence-electron chi connectivity index (χ4n) is 5.77. The number of carbonyl (C=O) groups excluding carboxylic acids is 1. The van der Waals surface area contributed by atoms with Crippen molar-refractivity contribution in [2.75, 3.05) is 6.54 Å². The van der Waals surface area contributed by atoms with Crippen LogP contribution in [0.15, 0.2) is 0 Å². The second kappa shape index (κ2) is 5.01. The van der Waals surface area contributed by atoms with Crippen LogP contribution in [0.25, 0.3) is 0 Å². The summed E-state index contributed by atoms with van der Waals surface area (Å²) in [5.41, 5.74) is 0. The third kappa shape index (κ3) is 2.28. The van der Waals surface area contributed by atoms with Gasteiger partial charge in [0.2, 0.25) is 5.91 Å². The minimum absolute atomic E-state index is 0.349. The molecule has 5 aliphatic rings. The van der Waals surface area contributed by atoms with E-state index in [0.717, 1.165) is 24.8 Å². The van der Waals surface area contributed by atoms with Crippen molar-refractivity contribution in [2.45, 2.75) is 64.0 Å². The quantitative estimate of drug-likeness (QED) is 0.812. The van der Waals surface area contributed by atoms with Gasteiger partial charge in [-0.2, -0.15) is 0 Å². The lowest BCUT2D eigenvalue weighted by Crippen LogP contribution is -2.55. The highest BCUT2D eigenvalue weighted by Crippen LogP contribution is 2.56. The molecule has 0 spiro atoms. The molecule has 5 fully saturated rings. The summed E-state index contributed by atoms with van der Waals surface area (Å²) in [6.07, 6.45) is 9.15. The summed E-state index contributed by atoms with van der Waals surface area (Å²) in [5, 5.41) is 6.86. The molecule has 5 rings (SSSR count). The van der Waals surface area contributed by atoms with Gasteiger partial charge < -0.3 is 10.6 Å². The minimum atomic E-state index is 0.349. The Bertz CT molecular complexity index is 358. The molecule has 0 aromatic carbocycles. The van der Waals surface area contributed by atoms with Crippen LogP contribution in [-0.4, -0.2) is 24.5 Å². The average Bonchev–Trinajstić information content (AvgIpc) is 2.40. The first kappa shape index (κ1) is 13.1. The maximum atomic E-state index is 12.7. The predicted octanol–water partition coefficient (Wildman–Crippen LogP) is 2.32. The van der Waals surface area contributed by atoms with Crippen LogP contribution in [0.4, 0.5) is 0 Å². The standard InChI is InChI=1S/C17H28N2O/c1-10-2-3-15(9-18-10)19-17(20)16-13-5-11-4-12(7-13)8-14(16)6-11/h10-16,18H,2-9H2,1H3,(H,19,20). The minimum Gasteiger partial charge on any atom is -0.352 e. The molecule has 0 radical (unpaired) electrons. The van der Waals surface area contributed by atoms with Crippen LogP contribution in [0.3, 0.4) is 0 Å². The Morgan fingerprint density at radius 3 is 2.20 bits per heavy atom. The second-order valence-electron chi connectivity index (χ2n) is 8.05. The van der Waals surface area contributed by atoms with E-state index in [-0.39, 0.29) is 0 Å². The lowest BCUT2D eigenvalue weighted by atomic mass is 9.51. The topological polar surface area (TPSA) is 41.1 Å². The molecular weight excluding hydrogens is 248 g/mol. The molecule has 4 aliphatic carbocycles. The molecule has 112 valence electrons. The Morgan fingerprint density at radius 1 is 1.00 bits per heavy atom. The fraction of sp³-hybridized carbons (Fsp3) is 0.941. The Balaban J connectivity index is 1.39. The zero-order chi connectivity index (χ0) is 13.7. The normalized spacial score (nSPS) is 50.1. The lowest BCUT2D eigenvalue weighted by molar-refractivity contribution is -0.139. The van der Waals surface area contributed by atoms with Crippen LogP contribution in [0.2, 0.25) is 0 Å². The van der Waals surface area contributed by atoms with Gasteiger partial charge in [-0.3, -0.25) is 4.79 Å². The summed E-state index contributed by atoms with van der Waals surface area (Å²) < 4.78 is 0. The average molecular weight is 276 g/mol. The van der Waals surface area contributed by atoms with Crippen molar-refractivity contribution in [3.05, 3.63) is 0 Å². The highest BCUT2D eigenvalue weighted by atomic mass is 16.2. The Hall–Kier alpha value is -0.570. The maximum absolute atomic E-state index is 12.7. The number of amides is 1. The van der Waals surface area contributed by atoms with Gasteiger partial charge in [-0.15, -0.1) is 0 Å². The molecule has 2 unspecified atom stereocenters. The molecule has 2 atom stereocenters. The van der Waals surface area contributed by atoms with Crippen molar-refractivity contribution in [2.24, 2.45) is 29.6 Å². The highest BCUT2D eigenvalue weighted by molar-refractivity contribution is 5.80. The molecule has 1 heterocycles. The Labute approximate surface area is 122 Å². The summed E-state index contributed by atoms with van der Waals surface area (Å²) >= 11 is 0. The summed E-state index contributed by atoms with van der Waals surface area (Å²) in [7, 11) is 0. The fourth-order valence-corrected chi connectivity index (χ4v) is 5.77. The second-order valence-corrected chi connectivity index (χ2v) is 8.05. The molecule has 20 heavy (non-hydrogen) atoms. The van der Waals surface area contributed by atoms with Crippen LogP contribution >= 0.6 is 0 Å². The number of piperidine rings is 1. The first-order chi connectivity index (χ1) is 9.69. The van der Waals surface area contributed by atoms with Gasteiger partial charge in [0.25, 0.3) is 0 Å². The van der Waals surface area contributed by atoms with Crippen LogP contribution in [-0.2, 0) is 4.79 Å². The molecule has 3 nitrogen and oxygen atoms in total. The summed E-state index contributed by atoms with van der Waals surface area (Å²) in [5.74, 6) is 4.07. The molecule has 3 heteroatoms. The van der Waals surface area contributed by atoms with Gasteiger partial charge >= 0.3 is 0 Å². The van der Waals surface area contributed by atoms with Gasteiger partial charge in [-0.25, -0.2) is 0 Å².